The molecular formula is C24H23F3N2O4S. The minimum Gasteiger partial charge on any atom is -0.481 e. The van der Waals surface area contributed by atoms with Crippen molar-refractivity contribution in [3.63, 3.8) is 0 Å². The fourth-order valence-electron chi connectivity index (χ4n) is 3.77. The summed E-state index contributed by atoms with van der Waals surface area (Å²) in [4.78, 5) is 9.28. The van der Waals surface area contributed by atoms with E-state index in [1.807, 2.05) is 60.7 Å². The number of nitrogens with one attached hydrogen (secondary N) is 1. The summed E-state index contributed by atoms with van der Waals surface area (Å²) >= 11 is 0. The maximum atomic E-state index is 15.3. The molecule has 0 aliphatic carbocycles. The summed E-state index contributed by atoms with van der Waals surface area (Å²) < 4.78 is 68.2. The van der Waals surface area contributed by atoms with E-state index in [1.54, 1.807) is 0 Å². The number of aliphatic carboxylic acids is 1. The molecule has 10 heteroatoms. The third-order valence-corrected chi connectivity index (χ3v) is 6.29. The maximum absolute atomic E-state index is 15.3. The highest BCUT2D eigenvalue weighted by Gasteiger charge is 2.31. The Labute approximate surface area is 195 Å². The van der Waals surface area contributed by atoms with Crippen LogP contribution in [0.3, 0.4) is 0 Å². The lowest BCUT2D eigenvalue weighted by molar-refractivity contribution is -0.137. The van der Waals surface area contributed by atoms with E-state index in [0.717, 1.165) is 11.1 Å². The number of anilines is 1. The number of sulfonamides is 1. The van der Waals surface area contributed by atoms with Crippen molar-refractivity contribution < 1.29 is 31.5 Å². The number of carbonyl (C=O) groups is 1. The lowest BCUT2D eigenvalue weighted by Gasteiger charge is -2.22. The van der Waals surface area contributed by atoms with Crippen molar-refractivity contribution in [2.75, 3.05) is 11.9 Å². The van der Waals surface area contributed by atoms with Crippen molar-refractivity contribution in [2.45, 2.75) is 30.1 Å². The summed E-state index contributed by atoms with van der Waals surface area (Å²) in [5.74, 6) is -6.58. The molecule has 180 valence electrons. The van der Waals surface area contributed by atoms with Crippen LogP contribution in [0.25, 0.3) is 0 Å². The molecule has 0 saturated heterocycles. The Hall–Kier alpha value is -3.37. The first kappa shape index (κ1) is 25.3. The van der Waals surface area contributed by atoms with Crippen molar-refractivity contribution in [3.8, 4) is 0 Å². The molecule has 34 heavy (non-hydrogen) atoms. The highest BCUT2D eigenvalue weighted by atomic mass is 32.2. The zero-order valence-corrected chi connectivity index (χ0v) is 18.8. The molecule has 0 aromatic heterocycles. The Morgan fingerprint density at radius 3 is 1.91 bits per heavy atom. The molecule has 0 fully saturated rings. The molecular weight excluding hydrogens is 469 g/mol. The van der Waals surface area contributed by atoms with Gasteiger partial charge in [0.05, 0.1) is 5.69 Å². The number of hydrogen-bond acceptors (Lipinski definition) is 4. The van der Waals surface area contributed by atoms with Crippen LogP contribution in [0.2, 0.25) is 0 Å². The fraction of sp³-hybridized carbons (Fsp3) is 0.208. The second-order valence-electron chi connectivity index (χ2n) is 7.67. The van der Waals surface area contributed by atoms with Crippen LogP contribution in [-0.4, -0.2) is 26.0 Å². The van der Waals surface area contributed by atoms with Crippen LogP contribution in [0.5, 0.6) is 0 Å². The smallest absolute Gasteiger partial charge is 0.303 e. The molecule has 0 spiro atoms. The lowest BCUT2D eigenvalue weighted by atomic mass is 9.91. The SMILES string of the molecule is NS(=O)(=O)c1c(F)c(F)c(CCCC(=O)O)c(NCC(c2ccccc2)c2ccccc2)c1F. The monoisotopic (exact) mass is 492 g/mol. The van der Waals surface area contributed by atoms with E-state index in [4.69, 9.17) is 10.2 Å². The zero-order valence-electron chi connectivity index (χ0n) is 18.0. The third kappa shape index (κ3) is 5.75. The first-order valence-corrected chi connectivity index (χ1v) is 11.9. The topological polar surface area (TPSA) is 109 Å². The molecule has 0 aliphatic rings. The van der Waals surface area contributed by atoms with Crippen LogP contribution in [0, 0.1) is 17.5 Å². The van der Waals surface area contributed by atoms with Gasteiger partial charge in [0.25, 0.3) is 0 Å². The Morgan fingerprint density at radius 2 is 1.44 bits per heavy atom. The first-order valence-electron chi connectivity index (χ1n) is 10.4. The first-order chi connectivity index (χ1) is 16.1. The van der Waals surface area contributed by atoms with Crippen LogP contribution < -0.4 is 10.5 Å². The van der Waals surface area contributed by atoms with Crippen molar-refractivity contribution in [1.29, 1.82) is 0 Å². The molecule has 0 unspecified atom stereocenters. The second kappa shape index (κ2) is 10.7. The van der Waals surface area contributed by atoms with Gasteiger partial charge in [-0.05, 0) is 24.0 Å². The normalized spacial score (nSPS) is 11.6. The average molecular weight is 493 g/mol. The number of carboxylic acids is 1. The molecule has 0 atom stereocenters. The predicted octanol–water partition coefficient (Wildman–Crippen LogP) is 4.40. The summed E-state index contributed by atoms with van der Waals surface area (Å²) in [5.41, 5.74) is 0.653. The minimum atomic E-state index is -4.93. The molecule has 0 heterocycles. The van der Waals surface area contributed by atoms with E-state index in [2.05, 4.69) is 5.32 Å². The lowest BCUT2D eigenvalue weighted by Crippen LogP contribution is -2.22. The van der Waals surface area contributed by atoms with Gasteiger partial charge in [-0.25, -0.2) is 26.7 Å². The van der Waals surface area contributed by atoms with E-state index in [1.165, 1.54) is 0 Å². The highest BCUT2D eigenvalue weighted by Crippen LogP contribution is 2.34. The van der Waals surface area contributed by atoms with Crippen LogP contribution >= 0.6 is 0 Å². The summed E-state index contributed by atoms with van der Waals surface area (Å²) in [6, 6.07) is 18.3. The van der Waals surface area contributed by atoms with Crippen molar-refractivity contribution >= 4 is 21.7 Å². The quantitative estimate of drug-likeness (QED) is 0.364. The van der Waals surface area contributed by atoms with Crippen molar-refractivity contribution in [1.82, 2.24) is 0 Å². The van der Waals surface area contributed by atoms with E-state index < -0.39 is 49.6 Å². The number of hydrogen-bond donors (Lipinski definition) is 3. The van der Waals surface area contributed by atoms with E-state index in [9.17, 15) is 22.0 Å². The average Bonchev–Trinajstić information content (AvgIpc) is 2.79. The van der Waals surface area contributed by atoms with Gasteiger partial charge in [-0.1, -0.05) is 60.7 Å². The number of carboxylic acid groups (broad SMARTS) is 1. The van der Waals surface area contributed by atoms with Crippen LogP contribution in [0.4, 0.5) is 18.9 Å². The molecule has 0 aliphatic heterocycles. The molecule has 3 rings (SSSR count). The highest BCUT2D eigenvalue weighted by molar-refractivity contribution is 7.89. The van der Waals surface area contributed by atoms with Crippen LogP contribution in [-0.2, 0) is 21.2 Å². The van der Waals surface area contributed by atoms with Crippen molar-refractivity contribution in [3.05, 3.63) is 94.8 Å². The van der Waals surface area contributed by atoms with Gasteiger partial charge in [-0.2, -0.15) is 0 Å². The Kier molecular flexibility index (Phi) is 7.95. The summed E-state index contributed by atoms with van der Waals surface area (Å²) in [6.45, 7) is 0.00596. The van der Waals surface area contributed by atoms with Gasteiger partial charge >= 0.3 is 5.97 Å². The number of halogens is 3. The van der Waals surface area contributed by atoms with E-state index in [-0.39, 0.29) is 31.7 Å². The number of benzene rings is 3. The Bertz CT molecular complexity index is 1230. The largest absolute Gasteiger partial charge is 0.481 e. The van der Waals surface area contributed by atoms with Gasteiger partial charge in [0.1, 0.15) is 0 Å². The zero-order chi connectivity index (χ0) is 24.9. The standard InChI is InChI=1S/C24H23F3N2O4S/c25-20-17(12-7-13-19(30)31)23(22(27)24(21(20)26)34(28,32)33)29-14-18(15-8-3-1-4-9-15)16-10-5-2-6-11-16/h1-6,8-11,18,29H,7,12-14H2,(H,30,31)(H2,28,32,33). The van der Waals surface area contributed by atoms with Gasteiger partial charge in [-0.3, -0.25) is 4.79 Å². The number of rotatable bonds is 10. The third-order valence-electron chi connectivity index (χ3n) is 5.37. The fourth-order valence-corrected chi connectivity index (χ4v) is 4.46. The molecule has 0 amide bonds. The molecule has 0 radical (unpaired) electrons. The van der Waals surface area contributed by atoms with Gasteiger partial charge in [0, 0.05) is 24.4 Å². The molecule has 0 saturated carbocycles. The molecule has 0 bridgehead atoms. The number of primary sulfonamides is 1. The van der Waals surface area contributed by atoms with Crippen LogP contribution in [0.15, 0.2) is 65.6 Å². The Balaban J connectivity index is 2.07. The molecule has 4 N–H and O–H groups in total. The van der Waals surface area contributed by atoms with Gasteiger partial charge in [0.2, 0.25) is 10.0 Å². The van der Waals surface area contributed by atoms with Gasteiger partial charge < -0.3 is 10.4 Å². The molecule has 6 nitrogen and oxygen atoms in total. The predicted molar refractivity (Wildman–Crippen MR) is 121 cm³/mol. The second-order valence-corrected chi connectivity index (χ2v) is 9.17. The maximum Gasteiger partial charge on any atom is 0.303 e. The number of nitrogens with two attached hydrogens (primary N) is 1. The van der Waals surface area contributed by atoms with Gasteiger partial charge in [-0.15, -0.1) is 0 Å². The summed E-state index contributed by atoms with van der Waals surface area (Å²) in [5, 5.41) is 16.6. The van der Waals surface area contributed by atoms with Crippen molar-refractivity contribution in [2.24, 2.45) is 5.14 Å². The summed E-state index contributed by atoms with van der Waals surface area (Å²) in [6.07, 6.45) is -0.814. The van der Waals surface area contributed by atoms with E-state index >= 15 is 4.39 Å². The molecule has 3 aromatic carbocycles. The minimum absolute atomic E-state index is 0.00596. The van der Waals surface area contributed by atoms with E-state index in [0.29, 0.717) is 0 Å². The molecule has 3 aromatic rings. The van der Waals surface area contributed by atoms with Crippen LogP contribution in [0.1, 0.15) is 35.4 Å². The summed E-state index contributed by atoms with van der Waals surface area (Å²) in [7, 11) is -4.93. The Morgan fingerprint density at radius 1 is 0.912 bits per heavy atom. The van der Waals surface area contributed by atoms with Gasteiger partial charge in [0.15, 0.2) is 22.3 Å².